The van der Waals surface area contributed by atoms with E-state index in [4.69, 9.17) is 21.4 Å². The average molecular weight is 288 g/mol. The lowest BCUT2D eigenvalue weighted by atomic mass is 10.3. The van der Waals surface area contributed by atoms with E-state index in [2.05, 4.69) is 9.97 Å². The zero-order valence-corrected chi connectivity index (χ0v) is 11.5. The molecule has 0 saturated carbocycles. The number of anilines is 1. The van der Waals surface area contributed by atoms with Gasteiger partial charge in [-0.1, -0.05) is 0 Å². The van der Waals surface area contributed by atoms with Gasteiger partial charge in [0, 0.05) is 20.2 Å². The monoisotopic (exact) mass is 287 g/mol. The van der Waals surface area contributed by atoms with Crippen molar-refractivity contribution in [1.82, 2.24) is 9.97 Å². The van der Waals surface area contributed by atoms with Gasteiger partial charge in [0.25, 0.3) is 0 Å². The van der Waals surface area contributed by atoms with E-state index in [1.165, 1.54) is 11.3 Å². The zero-order valence-electron chi connectivity index (χ0n) is 9.97. The number of nitrogens with zero attached hydrogens (tertiary/aromatic N) is 3. The summed E-state index contributed by atoms with van der Waals surface area (Å²) in [5.74, 6) is 0.748. The number of halogens is 1. The van der Waals surface area contributed by atoms with E-state index in [1.807, 2.05) is 16.3 Å². The number of aliphatic hydroxyl groups excluding tert-OH is 1. The van der Waals surface area contributed by atoms with Crippen LogP contribution in [0.4, 0.5) is 5.82 Å². The molecule has 0 unspecified atom stereocenters. The van der Waals surface area contributed by atoms with Crippen molar-refractivity contribution in [3.8, 4) is 0 Å². The van der Waals surface area contributed by atoms with Crippen molar-refractivity contribution >= 4 is 39.0 Å². The van der Waals surface area contributed by atoms with Gasteiger partial charge in [-0.3, -0.25) is 0 Å². The first-order valence-corrected chi connectivity index (χ1v) is 6.77. The molecule has 2 aromatic rings. The van der Waals surface area contributed by atoms with E-state index >= 15 is 0 Å². The van der Waals surface area contributed by atoms with Gasteiger partial charge in [-0.05, 0) is 23.0 Å². The Balaban J connectivity index is 2.38. The van der Waals surface area contributed by atoms with Crippen LogP contribution in [0.3, 0.4) is 0 Å². The molecule has 0 aliphatic rings. The molecule has 0 fully saturated rings. The number of thiophene rings is 1. The summed E-state index contributed by atoms with van der Waals surface area (Å²) >= 11 is 7.44. The lowest BCUT2D eigenvalue weighted by Crippen LogP contribution is -2.31. The van der Waals surface area contributed by atoms with Crippen molar-refractivity contribution in [1.29, 1.82) is 0 Å². The number of aromatic nitrogens is 2. The highest BCUT2D eigenvalue weighted by atomic mass is 35.5. The Labute approximate surface area is 114 Å². The number of ether oxygens (including phenoxy) is 1. The normalized spacial score (nSPS) is 11.1. The summed E-state index contributed by atoms with van der Waals surface area (Å²) in [4.78, 5) is 11.2. The van der Waals surface area contributed by atoms with Gasteiger partial charge in [0.2, 0.25) is 5.28 Å². The van der Waals surface area contributed by atoms with Crippen LogP contribution in [0.1, 0.15) is 0 Å². The van der Waals surface area contributed by atoms with Crippen molar-refractivity contribution in [2.24, 2.45) is 0 Å². The lowest BCUT2D eigenvalue weighted by molar-refractivity contribution is 0.202. The minimum absolute atomic E-state index is 0.0525. The summed E-state index contributed by atoms with van der Waals surface area (Å²) in [6, 6.07) is 1.96. The average Bonchev–Trinajstić information content (AvgIpc) is 2.81. The molecule has 5 nitrogen and oxygen atoms in total. The van der Waals surface area contributed by atoms with Crippen molar-refractivity contribution in [2.45, 2.75) is 0 Å². The Bertz CT molecular complexity index is 520. The van der Waals surface area contributed by atoms with Crippen LogP contribution in [0.2, 0.25) is 5.28 Å². The standard InChI is InChI=1S/C11H14ClN3O2S/c1-17-6-4-15(3-5-16)9-8-2-7-18-10(8)14-11(12)13-9/h2,7,16H,3-6H2,1H3. The number of rotatable bonds is 6. The van der Waals surface area contributed by atoms with E-state index in [0.29, 0.717) is 19.7 Å². The molecule has 0 radical (unpaired) electrons. The molecule has 0 saturated heterocycles. The van der Waals surface area contributed by atoms with Crippen molar-refractivity contribution in [3.05, 3.63) is 16.7 Å². The van der Waals surface area contributed by atoms with E-state index in [-0.39, 0.29) is 11.9 Å². The van der Waals surface area contributed by atoms with Crippen LogP contribution >= 0.6 is 22.9 Å². The van der Waals surface area contributed by atoms with E-state index < -0.39 is 0 Å². The molecular weight excluding hydrogens is 274 g/mol. The highest BCUT2D eigenvalue weighted by Crippen LogP contribution is 2.28. The van der Waals surface area contributed by atoms with Crippen molar-refractivity contribution < 1.29 is 9.84 Å². The maximum atomic E-state index is 9.13. The summed E-state index contributed by atoms with van der Waals surface area (Å²) in [5.41, 5.74) is 0. The topological polar surface area (TPSA) is 58.5 Å². The third-order valence-corrected chi connectivity index (χ3v) is 3.49. The minimum Gasteiger partial charge on any atom is -0.395 e. The largest absolute Gasteiger partial charge is 0.395 e. The second kappa shape index (κ2) is 6.29. The summed E-state index contributed by atoms with van der Waals surface area (Å²) in [7, 11) is 1.64. The third kappa shape index (κ3) is 2.89. The molecule has 0 spiro atoms. The Morgan fingerprint density at radius 2 is 2.28 bits per heavy atom. The van der Waals surface area contributed by atoms with Gasteiger partial charge in [-0.25, -0.2) is 4.98 Å². The van der Waals surface area contributed by atoms with Crippen LogP contribution in [0, 0.1) is 0 Å². The summed E-state index contributed by atoms with van der Waals surface area (Å²) < 4.78 is 5.07. The van der Waals surface area contributed by atoms with Crippen LogP contribution in [0.15, 0.2) is 11.4 Å². The van der Waals surface area contributed by atoms with Gasteiger partial charge in [0.05, 0.1) is 18.6 Å². The van der Waals surface area contributed by atoms with Crippen LogP contribution in [-0.2, 0) is 4.74 Å². The highest BCUT2D eigenvalue weighted by Gasteiger charge is 2.14. The predicted octanol–water partition coefficient (Wildman–Crippen LogP) is 1.79. The van der Waals surface area contributed by atoms with Gasteiger partial charge < -0.3 is 14.7 Å². The number of aliphatic hydroxyl groups is 1. The van der Waals surface area contributed by atoms with Gasteiger partial charge in [0.1, 0.15) is 10.6 Å². The third-order valence-electron chi connectivity index (χ3n) is 2.51. The zero-order chi connectivity index (χ0) is 13.0. The van der Waals surface area contributed by atoms with Crippen molar-refractivity contribution in [3.63, 3.8) is 0 Å². The smallest absolute Gasteiger partial charge is 0.225 e. The predicted molar refractivity (Wildman–Crippen MR) is 73.6 cm³/mol. The van der Waals surface area contributed by atoms with E-state index in [1.54, 1.807) is 7.11 Å². The van der Waals surface area contributed by atoms with E-state index in [0.717, 1.165) is 16.0 Å². The van der Waals surface area contributed by atoms with E-state index in [9.17, 15) is 0 Å². The first-order valence-electron chi connectivity index (χ1n) is 5.51. The lowest BCUT2D eigenvalue weighted by Gasteiger charge is -2.23. The van der Waals surface area contributed by atoms with Gasteiger partial charge in [-0.2, -0.15) is 4.98 Å². The molecule has 2 heterocycles. The molecule has 0 amide bonds. The second-order valence-electron chi connectivity index (χ2n) is 3.66. The first-order chi connectivity index (χ1) is 8.76. The molecule has 2 aromatic heterocycles. The van der Waals surface area contributed by atoms with Crippen LogP contribution < -0.4 is 4.90 Å². The fourth-order valence-corrected chi connectivity index (χ4v) is 2.67. The minimum atomic E-state index is 0.0525. The summed E-state index contributed by atoms with van der Waals surface area (Å²) in [6.45, 7) is 1.75. The molecular formula is C11H14ClN3O2S. The number of hydrogen-bond acceptors (Lipinski definition) is 6. The Hall–Kier alpha value is -0.950. The number of methoxy groups -OCH3 is 1. The molecule has 0 aliphatic carbocycles. The summed E-state index contributed by atoms with van der Waals surface area (Å²) in [5, 5.41) is 12.3. The molecule has 7 heteroatoms. The SMILES string of the molecule is COCCN(CCO)c1nc(Cl)nc2sccc12. The molecule has 0 bridgehead atoms. The molecule has 0 atom stereocenters. The highest BCUT2D eigenvalue weighted by molar-refractivity contribution is 7.16. The Kier molecular flexibility index (Phi) is 4.71. The fraction of sp³-hybridized carbons (Fsp3) is 0.455. The van der Waals surface area contributed by atoms with Gasteiger partial charge >= 0.3 is 0 Å². The van der Waals surface area contributed by atoms with Gasteiger partial charge in [0.15, 0.2) is 0 Å². The molecule has 0 aliphatic heterocycles. The second-order valence-corrected chi connectivity index (χ2v) is 4.89. The van der Waals surface area contributed by atoms with Crippen LogP contribution in [-0.4, -0.2) is 48.5 Å². The summed E-state index contributed by atoms with van der Waals surface area (Å²) in [6.07, 6.45) is 0. The maximum absolute atomic E-state index is 9.13. The Morgan fingerprint density at radius 1 is 1.44 bits per heavy atom. The van der Waals surface area contributed by atoms with Crippen LogP contribution in [0.25, 0.3) is 10.2 Å². The van der Waals surface area contributed by atoms with Crippen LogP contribution in [0.5, 0.6) is 0 Å². The molecule has 2 rings (SSSR count). The van der Waals surface area contributed by atoms with Crippen molar-refractivity contribution in [2.75, 3.05) is 38.3 Å². The van der Waals surface area contributed by atoms with Gasteiger partial charge in [-0.15, -0.1) is 11.3 Å². The molecule has 0 aromatic carbocycles. The molecule has 18 heavy (non-hydrogen) atoms. The quantitative estimate of drug-likeness (QED) is 0.821. The maximum Gasteiger partial charge on any atom is 0.225 e. The first kappa shape index (κ1) is 13.5. The Morgan fingerprint density at radius 3 is 3.00 bits per heavy atom. The molecule has 1 N–H and O–H groups in total. The number of fused-ring (bicyclic) bond motifs is 1. The fourth-order valence-electron chi connectivity index (χ4n) is 1.70. The molecule has 98 valence electrons. The number of hydrogen-bond donors (Lipinski definition) is 1.